The van der Waals surface area contributed by atoms with E-state index in [4.69, 9.17) is 5.73 Å². The van der Waals surface area contributed by atoms with Gasteiger partial charge in [-0.1, -0.05) is 12.1 Å². The number of piperazine rings is 1. The third-order valence-electron chi connectivity index (χ3n) is 5.80. The minimum atomic E-state index is -3.72. The summed E-state index contributed by atoms with van der Waals surface area (Å²) in [6.07, 6.45) is 2.75. The number of amides is 1. The molecule has 0 spiro atoms. The molecular formula is C22H25N5O4S. The van der Waals surface area contributed by atoms with E-state index in [0.29, 0.717) is 40.8 Å². The minimum Gasteiger partial charge on any atom is -0.494 e. The maximum atomic E-state index is 13.3. The first-order chi connectivity index (χ1) is 15.2. The molecule has 0 radical (unpaired) electrons. The van der Waals surface area contributed by atoms with Crippen LogP contribution in [0.2, 0.25) is 0 Å². The molecule has 168 valence electrons. The Hall–Kier alpha value is -3.21. The summed E-state index contributed by atoms with van der Waals surface area (Å²) in [4.78, 5) is 22.7. The van der Waals surface area contributed by atoms with Crippen molar-refractivity contribution in [1.29, 1.82) is 0 Å². The van der Waals surface area contributed by atoms with Gasteiger partial charge in [0.2, 0.25) is 5.91 Å². The number of carbonyl (C=O) groups is 1. The standard InChI is InChI=1S/C22H25N5O4S/c1-3-19(27-10-8-26(2)9-11-27)32(30,31)15-5-7-17(24-13-15)20-16-6-4-14(21(23)28)12-18(16)25-22(20)29/h3-7,12-13,19,25,29H,1,8-11H2,2H3,(H2,23,28). The van der Waals surface area contributed by atoms with Gasteiger partial charge in [-0.05, 0) is 31.3 Å². The maximum absolute atomic E-state index is 13.3. The number of hydrogen-bond donors (Lipinski definition) is 3. The van der Waals surface area contributed by atoms with Crippen LogP contribution in [0.25, 0.3) is 22.2 Å². The Bertz CT molecular complexity index is 1280. The second-order valence-corrected chi connectivity index (χ2v) is 9.91. The monoisotopic (exact) mass is 455 g/mol. The van der Waals surface area contributed by atoms with E-state index in [1.807, 2.05) is 11.9 Å². The van der Waals surface area contributed by atoms with Crippen LogP contribution in [-0.2, 0) is 9.84 Å². The van der Waals surface area contributed by atoms with Crippen LogP contribution < -0.4 is 5.73 Å². The van der Waals surface area contributed by atoms with Gasteiger partial charge in [0.25, 0.3) is 0 Å². The Balaban J connectivity index is 1.66. The van der Waals surface area contributed by atoms with Gasteiger partial charge in [-0.25, -0.2) is 8.42 Å². The van der Waals surface area contributed by atoms with E-state index >= 15 is 0 Å². The number of benzene rings is 1. The Labute approximate surface area is 186 Å². The number of aromatic hydroxyl groups is 1. The fraction of sp³-hybridized carbons (Fsp3) is 0.273. The zero-order valence-electron chi connectivity index (χ0n) is 17.7. The van der Waals surface area contributed by atoms with Gasteiger partial charge < -0.3 is 20.7 Å². The molecule has 1 atom stereocenters. The normalized spacial score (nSPS) is 16.8. The highest BCUT2D eigenvalue weighted by atomic mass is 32.2. The smallest absolute Gasteiger partial charge is 0.248 e. The Morgan fingerprint density at radius 1 is 1.25 bits per heavy atom. The second kappa shape index (κ2) is 8.38. The number of aromatic amines is 1. The zero-order valence-corrected chi connectivity index (χ0v) is 18.5. The largest absolute Gasteiger partial charge is 0.494 e. The van der Waals surface area contributed by atoms with Gasteiger partial charge in [0.05, 0.1) is 16.2 Å². The van der Waals surface area contributed by atoms with Crippen LogP contribution in [-0.4, -0.2) is 77.8 Å². The molecule has 1 aliphatic heterocycles. The number of aromatic nitrogens is 2. The van der Waals surface area contributed by atoms with Gasteiger partial charge in [-0.2, -0.15) is 0 Å². The Morgan fingerprint density at radius 2 is 1.97 bits per heavy atom. The number of fused-ring (bicyclic) bond motifs is 1. The summed E-state index contributed by atoms with van der Waals surface area (Å²) >= 11 is 0. The van der Waals surface area contributed by atoms with Crippen LogP contribution in [0.5, 0.6) is 5.88 Å². The molecule has 3 heterocycles. The summed E-state index contributed by atoms with van der Waals surface area (Å²) in [7, 11) is -1.71. The molecule has 0 bridgehead atoms. The van der Waals surface area contributed by atoms with Gasteiger partial charge >= 0.3 is 0 Å². The lowest BCUT2D eigenvalue weighted by Crippen LogP contribution is -2.50. The molecule has 1 saturated heterocycles. The predicted molar refractivity (Wildman–Crippen MR) is 122 cm³/mol. The van der Waals surface area contributed by atoms with Crippen LogP contribution in [0.15, 0.2) is 54.1 Å². The summed E-state index contributed by atoms with van der Waals surface area (Å²) in [6.45, 7) is 6.58. The van der Waals surface area contributed by atoms with Crippen LogP contribution in [0, 0.1) is 0 Å². The van der Waals surface area contributed by atoms with Gasteiger partial charge in [-0.3, -0.25) is 14.7 Å². The third kappa shape index (κ3) is 3.88. The highest BCUT2D eigenvalue weighted by molar-refractivity contribution is 7.92. The number of sulfone groups is 1. The van der Waals surface area contributed by atoms with Gasteiger partial charge in [0.1, 0.15) is 5.37 Å². The van der Waals surface area contributed by atoms with Crippen molar-refractivity contribution in [2.75, 3.05) is 33.2 Å². The first-order valence-electron chi connectivity index (χ1n) is 10.1. The molecule has 0 aliphatic carbocycles. The molecule has 0 saturated carbocycles. The number of hydrogen-bond acceptors (Lipinski definition) is 7. The lowest BCUT2D eigenvalue weighted by atomic mass is 10.1. The lowest BCUT2D eigenvalue weighted by Gasteiger charge is -2.36. The van der Waals surface area contributed by atoms with Gasteiger partial charge in [-0.15, -0.1) is 6.58 Å². The predicted octanol–water partition coefficient (Wildman–Crippen LogP) is 1.57. The van der Waals surface area contributed by atoms with E-state index in [0.717, 1.165) is 13.1 Å². The number of rotatable bonds is 6. The molecule has 1 unspecified atom stereocenters. The number of likely N-dealkylation sites (N-methyl/N-ethyl adjacent to an activating group) is 1. The van der Waals surface area contributed by atoms with E-state index < -0.39 is 21.1 Å². The maximum Gasteiger partial charge on any atom is 0.248 e. The van der Waals surface area contributed by atoms with Crippen LogP contribution in [0.1, 0.15) is 10.4 Å². The average molecular weight is 456 g/mol. The van der Waals surface area contributed by atoms with Crippen molar-refractivity contribution in [2.24, 2.45) is 5.73 Å². The van der Waals surface area contributed by atoms with Crippen molar-refractivity contribution < 1.29 is 18.3 Å². The second-order valence-electron chi connectivity index (χ2n) is 7.86. The number of H-pyrrole nitrogens is 1. The molecule has 10 heteroatoms. The molecule has 3 aromatic rings. The minimum absolute atomic E-state index is 0.0837. The van der Waals surface area contributed by atoms with Crippen LogP contribution in [0.3, 0.4) is 0 Å². The van der Waals surface area contributed by atoms with Crippen molar-refractivity contribution >= 4 is 26.6 Å². The van der Waals surface area contributed by atoms with Crippen molar-refractivity contribution in [3.63, 3.8) is 0 Å². The number of pyridine rings is 1. The summed E-state index contributed by atoms with van der Waals surface area (Å²) < 4.78 is 26.5. The summed E-state index contributed by atoms with van der Waals surface area (Å²) in [6, 6.07) is 7.81. The van der Waals surface area contributed by atoms with Crippen molar-refractivity contribution in [1.82, 2.24) is 19.8 Å². The molecule has 1 fully saturated rings. The number of nitrogens with two attached hydrogens (primary N) is 1. The van der Waals surface area contributed by atoms with Crippen molar-refractivity contribution in [3.05, 3.63) is 54.7 Å². The lowest BCUT2D eigenvalue weighted by molar-refractivity contribution is 0.100. The number of carbonyl (C=O) groups excluding carboxylic acids is 1. The SMILES string of the molecule is C=CC(N1CCN(C)CC1)S(=O)(=O)c1ccc(-c2c(O)[nH]c3cc(C(N)=O)ccc23)nc1. The molecule has 1 aromatic carbocycles. The molecule has 2 aromatic heterocycles. The first-order valence-corrected chi connectivity index (χ1v) is 11.7. The fourth-order valence-corrected chi connectivity index (χ4v) is 5.57. The summed E-state index contributed by atoms with van der Waals surface area (Å²) in [5.74, 6) is -0.710. The van der Waals surface area contributed by atoms with Crippen LogP contribution in [0.4, 0.5) is 0 Å². The van der Waals surface area contributed by atoms with Gasteiger partial charge in [0.15, 0.2) is 15.7 Å². The van der Waals surface area contributed by atoms with E-state index in [1.165, 1.54) is 18.3 Å². The quantitative estimate of drug-likeness (QED) is 0.481. The van der Waals surface area contributed by atoms with E-state index in [9.17, 15) is 18.3 Å². The fourth-order valence-electron chi connectivity index (χ4n) is 3.98. The van der Waals surface area contributed by atoms with Crippen LogP contribution >= 0.6 is 0 Å². The molecule has 1 aliphatic rings. The first kappa shape index (κ1) is 22.0. The van der Waals surface area contributed by atoms with E-state index in [-0.39, 0.29) is 10.8 Å². The molecule has 32 heavy (non-hydrogen) atoms. The summed E-state index contributed by atoms with van der Waals surface area (Å²) in [5.41, 5.74) is 6.96. The van der Waals surface area contributed by atoms with Crippen molar-refractivity contribution in [3.8, 4) is 17.1 Å². The summed E-state index contributed by atoms with van der Waals surface area (Å²) in [5, 5.41) is 10.2. The molecule has 1 amide bonds. The topological polar surface area (TPSA) is 133 Å². The molecule has 4 N–H and O–H groups in total. The van der Waals surface area contributed by atoms with E-state index in [1.54, 1.807) is 24.3 Å². The number of primary amides is 1. The van der Waals surface area contributed by atoms with E-state index in [2.05, 4.69) is 21.4 Å². The number of nitrogens with one attached hydrogen (secondary N) is 1. The molecular weight excluding hydrogens is 430 g/mol. The Morgan fingerprint density at radius 3 is 2.56 bits per heavy atom. The molecule has 4 rings (SSSR count). The average Bonchev–Trinajstić information content (AvgIpc) is 3.10. The Kier molecular flexibility index (Phi) is 5.76. The highest BCUT2D eigenvalue weighted by Gasteiger charge is 2.32. The number of nitrogens with zero attached hydrogens (tertiary/aromatic N) is 3. The zero-order chi connectivity index (χ0) is 23.0. The van der Waals surface area contributed by atoms with Gasteiger partial charge in [0, 0.05) is 48.8 Å². The third-order valence-corrected chi connectivity index (χ3v) is 7.83. The molecule has 9 nitrogen and oxygen atoms in total. The van der Waals surface area contributed by atoms with Crippen molar-refractivity contribution in [2.45, 2.75) is 10.3 Å². The highest BCUT2D eigenvalue weighted by Crippen LogP contribution is 2.36.